The molecular formula is C16H23N3. The summed E-state index contributed by atoms with van der Waals surface area (Å²) in [5.74, 6) is 0. The molecule has 19 heavy (non-hydrogen) atoms. The number of nitrogens with zero attached hydrogens (tertiary/aromatic N) is 2. The van der Waals surface area contributed by atoms with Crippen LogP contribution in [0.3, 0.4) is 0 Å². The highest BCUT2D eigenvalue weighted by molar-refractivity contribution is 5.30. The van der Waals surface area contributed by atoms with E-state index in [0.717, 1.165) is 19.6 Å². The fourth-order valence-corrected chi connectivity index (χ4v) is 2.82. The lowest BCUT2D eigenvalue weighted by atomic mass is 10.0. The Morgan fingerprint density at radius 1 is 1.42 bits per heavy atom. The van der Waals surface area contributed by atoms with Gasteiger partial charge in [-0.1, -0.05) is 23.8 Å². The topological polar surface area (TPSA) is 39.1 Å². The highest BCUT2D eigenvalue weighted by Crippen LogP contribution is 2.17. The van der Waals surface area contributed by atoms with Gasteiger partial charge in [0.25, 0.3) is 0 Å². The molecule has 1 atom stereocenters. The number of rotatable bonds is 4. The van der Waals surface area contributed by atoms with Crippen molar-refractivity contribution in [3.8, 4) is 6.07 Å². The number of nitriles is 1. The number of aryl methyl sites for hydroxylation is 2. The van der Waals surface area contributed by atoms with E-state index in [1.165, 1.54) is 29.5 Å². The fourth-order valence-electron chi connectivity index (χ4n) is 2.82. The van der Waals surface area contributed by atoms with E-state index < -0.39 is 0 Å². The Kier molecular flexibility index (Phi) is 4.95. The van der Waals surface area contributed by atoms with Gasteiger partial charge in [-0.15, -0.1) is 0 Å². The maximum absolute atomic E-state index is 8.63. The summed E-state index contributed by atoms with van der Waals surface area (Å²) in [6.07, 6.45) is 2.40. The summed E-state index contributed by atoms with van der Waals surface area (Å²) in [6, 6.07) is 9.33. The third-order valence-corrected chi connectivity index (χ3v) is 3.87. The van der Waals surface area contributed by atoms with Crippen LogP contribution in [0.2, 0.25) is 0 Å². The van der Waals surface area contributed by atoms with E-state index in [9.17, 15) is 0 Å². The first-order chi connectivity index (χ1) is 9.19. The maximum atomic E-state index is 8.63. The van der Waals surface area contributed by atoms with Gasteiger partial charge in [-0.25, -0.2) is 0 Å². The van der Waals surface area contributed by atoms with Gasteiger partial charge in [0.15, 0.2) is 0 Å². The van der Waals surface area contributed by atoms with Gasteiger partial charge in [0.2, 0.25) is 0 Å². The molecule has 0 bridgehead atoms. The number of piperidine rings is 1. The number of hydrogen-bond acceptors (Lipinski definition) is 3. The van der Waals surface area contributed by atoms with Crippen molar-refractivity contribution in [1.29, 1.82) is 5.26 Å². The van der Waals surface area contributed by atoms with Crippen molar-refractivity contribution >= 4 is 0 Å². The van der Waals surface area contributed by atoms with E-state index >= 15 is 0 Å². The van der Waals surface area contributed by atoms with Gasteiger partial charge in [-0.2, -0.15) is 5.26 Å². The van der Waals surface area contributed by atoms with Crippen LogP contribution in [0.15, 0.2) is 18.2 Å². The Labute approximate surface area is 116 Å². The molecule has 1 fully saturated rings. The zero-order valence-electron chi connectivity index (χ0n) is 11.9. The van der Waals surface area contributed by atoms with E-state index in [1.807, 2.05) is 0 Å². The summed E-state index contributed by atoms with van der Waals surface area (Å²) >= 11 is 0. The van der Waals surface area contributed by atoms with Crippen LogP contribution in [0.5, 0.6) is 0 Å². The van der Waals surface area contributed by atoms with Crippen molar-refractivity contribution in [2.24, 2.45) is 0 Å². The molecule has 1 saturated heterocycles. The van der Waals surface area contributed by atoms with E-state index in [1.54, 1.807) is 0 Å². The molecule has 3 nitrogen and oxygen atoms in total. The standard InChI is InChI=1S/C16H23N3/c1-13-5-6-15(14(2)10-13)11-19-9-3-4-16(12-19)18-8-7-17/h5-6,10,16,18H,3-4,8-9,11-12H2,1-2H3. The zero-order valence-corrected chi connectivity index (χ0v) is 11.9. The first kappa shape index (κ1) is 14.0. The first-order valence-electron chi connectivity index (χ1n) is 7.08. The predicted molar refractivity (Wildman–Crippen MR) is 77.8 cm³/mol. The molecule has 0 radical (unpaired) electrons. The minimum Gasteiger partial charge on any atom is -0.300 e. The number of hydrogen-bond donors (Lipinski definition) is 1. The van der Waals surface area contributed by atoms with Gasteiger partial charge < -0.3 is 5.32 Å². The molecule has 0 aliphatic carbocycles. The second-order valence-electron chi connectivity index (χ2n) is 5.54. The molecule has 0 amide bonds. The summed E-state index contributed by atoms with van der Waals surface area (Å²) < 4.78 is 0. The Morgan fingerprint density at radius 2 is 2.26 bits per heavy atom. The Morgan fingerprint density at radius 3 is 3.00 bits per heavy atom. The van der Waals surface area contributed by atoms with Gasteiger partial charge >= 0.3 is 0 Å². The molecule has 1 unspecified atom stereocenters. The lowest BCUT2D eigenvalue weighted by molar-refractivity contribution is 0.185. The van der Waals surface area contributed by atoms with Crippen LogP contribution in [-0.4, -0.2) is 30.6 Å². The molecular weight excluding hydrogens is 234 g/mol. The quantitative estimate of drug-likeness (QED) is 0.842. The zero-order chi connectivity index (χ0) is 13.7. The van der Waals surface area contributed by atoms with E-state index in [2.05, 4.69) is 48.3 Å². The molecule has 1 aliphatic heterocycles. The van der Waals surface area contributed by atoms with Crippen molar-refractivity contribution in [3.05, 3.63) is 34.9 Å². The number of nitrogens with one attached hydrogen (secondary N) is 1. The largest absolute Gasteiger partial charge is 0.300 e. The molecule has 102 valence electrons. The maximum Gasteiger partial charge on any atom is 0.0843 e. The smallest absolute Gasteiger partial charge is 0.0843 e. The second kappa shape index (κ2) is 6.70. The van der Waals surface area contributed by atoms with Crippen LogP contribution < -0.4 is 5.32 Å². The SMILES string of the molecule is Cc1ccc(CN2CCCC(NCC#N)C2)c(C)c1. The average molecular weight is 257 g/mol. The molecule has 1 aliphatic rings. The molecule has 1 N–H and O–H groups in total. The fraction of sp³-hybridized carbons (Fsp3) is 0.562. The third kappa shape index (κ3) is 4.05. The summed E-state index contributed by atoms with van der Waals surface area (Å²) in [5.41, 5.74) is 4.13. The van der Waals surface area contributed by atoms with Crippen LogP contribution in [0, 0.1) is 25.2 Å². The molecule has 1 aromatic rings. The average Bonchev–Trinajstić information content (AvgIpc) is 2.40. The van der Waals surface area contributed by atoms with Gasteiger partial charge in [-0.05, 0) is 44.4 Å². The monoisotopic (exact) mass is 257 g/mol. The predicted octanol–water partition coefficient (Wildman–Crippen LogP) is 2.38. The second-order valence-corrected chi connectivity index (χ2v) is 5.54. The summed E-state index contributed by atoms with van der Waals surface area (Å²) in [4.78, 5) is 2.50. The summed E-state index contributed by atoms with van der Waals surface area (Å²) in [5, 5.41) is 11.9. The van der Waals surface area contributed by atoms with Gasteiger partial charge in [0, 0.05) is 19.1 Å². The Balaban J connectivity index is 1.93. The van der Waals surface area contributed by atoms with Gasteiger partial charge in [0.1, 0.15) is 0 Å². The minimum atomic E-state index is 0.460. The summed E-state index contributed by atoms with van der Waals surface area (Å²) in [6.45, 7) is 8.03. The molecule has 0 spiro atoms. The van der Waals surface area contributed by atoms with E-state index in [4.69, 9.17) is 5.26 Å². The molecule has 1 heterocycles. The van der Waals surface area contributed by atoms with Crippen LogP contribution >= 0.6 is 0 Å². The first-order valence-corrected chi connectivity index (χ1v) is 7.08. The minimum absolute atomic E-state index is 0.460. The van der Waals surface area contributed by atoms with Gasteiger partial charge in [-0.3, -0.25) is 4.90 Å². The molecule has 2 rings (SSSR count). The van der Waals surface area contributed by atoms with Crippen molar-refractivity contribution in [1.82, 2.24) is 10.2 Å². The third-order valence-electron chi connectivity index (χ3n) is 3.87. The highest BCUT2D eigenvalue weighted by Gasteiger charge is 2.19. The van der Waals surface area contributed by atoms with Crippen LogP contribution in [0.25, 0.3) is 0 Å². The number of benzene rings is 1. The van der Waals surface area contributed by atoms with E-state index in [-0.39, 0.29) is 0 Å². The van der Waals surface area contributed by atoms with Crippen LogP contribution in [0.4, 0.5) is 0 Å². The molecule has 1 aromatic carbocycles. The Bertz CT molecular complexity index is 462. The van der Waals surface area contributed by atoms with Crippen molar-refractivity contribution in [2.45, 2.75) is 39.3 Å². The lowest BCUT2D eigenvalue weighted by Gasteiger charge is -2.33. The molecule has 3 heteroatoms. The molecule has 0 aromatic heterocycles. The number of likely N-dealkylation sites (tertiary alicyclic amines) is 1. The summed E-state index contributed by atoms with van der Waals surface area (Å²) in [7, 11) is 0. The van der Waals surface area contributed by atoms with Crippen LogP contribution in [0.1, 0.15) is 29.5 Å². The van der Waals surface area contributed by atoms with Gasteiger partial charge in [0.05, 0.1) is 12.6 Å². The lowest BCUT2D eigenvalue weighted by Crippen LogP contribution is -2.45. The van der Waals surface area contributed by atoms with Crippen molar-refractivity contribution < 1.29 is 0 Å². The molecule has 0 saturated carbocycles. The van der Waals surface area contributed by atoms with Crippen molar-refractivity contribution in [2.75, 3.05) is 19.6 Å². The normalized spacial score (nSPS) is 20.2. The Hall–Kier alpha value is -1.37. The highest BCUT2D eigenvalue weighted by atomic mass is 15.2. The van der Waals surface area contributed by atoms with Crippen molar-refractivity contribution in [3.63, 3.8) is 0 Å². The van der Waals surface area contributed by atoms with Crippen LogP contribution in [-0.2, 0) is 6.54 Å². The van der Waals surface area contributed by atoms with E-state index in [0.29, 0.717) is 12.6 Å².